The van der Waals surface area contributed by atoms with E-state index >= 15 is 0 Å². The van der Waals surface area contributed by atoms with E-state index in [0.29, 0.717) is 0 Å². The second-order valence-electron chi connectivity index (χ2n) is 6.17. The Labute approximate surface area is 137 Å². The Hall–Kier alpha value is -2.19. The molecule has 1 N–H and O–H groups in total. The third-order valence-electron chi connectivity index (χ3n) is 4.57. The number of rotatable bonds is 5. The Morgan fingerprint density at radius 3 is 1.96 bits per heavy atom. The molecule has 0 atom stereocenters. The van der Waals surface area contributed by atoms with Crippen molar-refractivity contribution in [2.75, 3.05) is 0 Å². The molecule has 3 rings (SSSR count). The van der Waals surface area contributed by atoms with Crippen molar-refractivity contribution in [2.45, 2.75) is 37.7 Å². The molecular formula is C21H22O2. The van der Waals surface area contributed by atoms with Crippen LogP contribution in [0.3, 0.4) is 0 Å². The van der Waals surface area contributed by atoms with Crippen molar-refractivity contribution in [3.8, 4) is 0 Å². The molecule has 0 bridgehead atoms. The van der Waals surface area contributed by atoms with Crippen molar-refractivity contribution in [3.05, 3.63) is 83.4 Å². The van der Waals surface area contributed by atoms with Crippen molar-refractivity contribution in [2.24, 2.45) is 0 Å². The number of hydrogen-bond acceptors (Lipinski definition) is 2. The van der Waals surface area contributed by atoms with Gasteiger partial charge in [-0.3, -0.25) is 4.79 Å². The number of hydrogen-bond donors (Lipinski definition) is 1. The van der Waals surface area contributed by atoms with Gasteiger partial charge in [-0.1, -0.05) is 66.7 Å². The highest BCUT2D eigenvalue weighted by molar-refractivity contribution is 5.96. The minimum absolute atomic E-state index is 0.0555. The van der Waals surface area contributed by atoms with Crippen LogP contribution in [-0.4, -0.2) is 10.9 Å². The van der Waals surface area contributed by atoms with E-state index in [4.69, 9.17) is 0 Å². The van der Waals surface area contributed by atoms with Gasteiger partial charge in [0.15, 0.2) is 5.78 Å². The summed E-state index contributed by atoms with van der Waals surface area (Å²) < 4.78 is 0. The van der Waals surface area contributed by atoms with E-state index in [1.807, 2.05) is 66.7 Å². The molecule has 118 valence electrons. The molecule has 2 nitrogen and oxygen atoms in total. The van der Waals surface area contributed by atoms with Crippen molar-refractivity contribution >= 4 is 5.78 Å². The SMILES string of the molecule is O=C(CC(O)(c1ccccc1)c1ccccc1)C1=CCCCC1. The van der Waals surface area contributed by atoms with Crippen molar-refractivity contribution in [1.29, 1.82) is 0 Å². The van der Waals surface area contributed by atoms with Crippen LogP contribution in [0, 0.1) is 0 Å². The van der Waals surface area contributed by atoms with Crippen LogP contribution < -0.4 is 0 Å². The van der Waals surface area contributed by atoms with Gasteiger partial charge >= 0.3 is 0 Å². The maximum Gasteiger partial charge on any atom is 0.162 e. The van der Waals surface area contributed by atoms with Gasteiger partial charge in [-0.2, -0.15) is 0 Å². The molecule has 0 saturated carbocycles. The van der Waals surface area contributed by atoms with Crippen molar-refractivity contribution < 1.29 is 9.90 Å². The molecule has 0 radical (unpaired) electrons. The zero-order valence-electron chi connectivity index (χ0n) is 13.2. The second-order valence-corrected chi connectivity index (χ2v) is 6.17. The average Bonchev–Trinajstić information content (AvgIpc) is 2.64. The predicted octanol–water partition coefficient (Wildman–Crippen LogP) is 4.38. The zero-order valence-corrected chi connectivity index (χ0v) is 13.2. The lowest BCUT2D eigenvalue weighted by Crippen LogP contribution is -2.31. The van der Waals surface area contributed by atoms with Gasteiger partial charge in [0, 0.05) is 6.42 Å². The fourth-order valence-corrected chi connectivity index (χ4v) is 3.24. The molecule has 0 spiro atoms. The maximum atomic E-state index is 12.7. The van der Waals surface area contributed by atoms with Crippen molar-refractivity contribution in [1.82, 2.24) is 0 Å². The third kappa shape index (κ3) is 3.43. The summed E-state index contributed by atoms with van der Waals surface area (Å²) in [5.74, 6) is 0.0555. The molecular weight excluding hydrogens is 284 g/mol. The van der Waals surface area contributed by atoms with Gasteiger partial charge in [-0.15, -0.1) is 0 Å². The summed E-state index contributed by atoms with van der Waals surface area (Å²) in [6.45, 7) is 0. The van der Waals surface area contributed by atoms with E-state index in [9.17, 15) is 9.90 Å². The van der Waals surface area contributed by atoms with Crippen LogP contribution in [0.25, 0.3) is 0 Å². The minimum atomic E-state index is -1.28. The predicted molar refractivity (Wildman–Crippen MR) is 92.1 cm³/mol. The fraction of sp³-hybridized carbons (Fsp3) is 0.286. The topological polar surface area (TPSA) is 37.3 Å². The van der Waals surface area contributed by atoms with E-state index < -0.39 is 5.60 Å². The summed E-state index contributed by atoms with van der Waals surface area (Å²) in [6, 6.07) is 19.0. The first kappa shape index (κ1) is 15.7. The zero-order chi connectivity index (χ0) is 16.1. The molecule has 1 aliphatic carbocycles. The van der Waals surface area contributed by atoms with Crippen LogP contribution in [0.4, 0.5) is 0 Å². The first-order valence-electron chi connectivity index (χ1n) is 8.26. The molecule has 1 aliphatic rings. The molecule has 0 aliphatic heterocycles. The first-order chi connectivity index (χ1) is 11.2. The van der Waals surface area contributed by atoms with Gasteiger partial charge in [0.1, 0.15) is 5.60 Å². The fourth-order valence-electron chi connectivity index (χ4n) is 3.24. The second kappa shape index (κ2) is 6.93. The van der Waals surface area contributed by atoms with Crippen LogP contribution in [-0.2, 0) is 10.4 Å². The molecule has 2 heteroatoms. The molecule has 0 heterocycles. The van der Waals surface area contributed by atoms with E-state index in [1.54, 1.807) is 0 Å². The minimum Gasteiger partial charge on any atom is -0.380 e. The molecule has 0 fully saturated rings. The average molecular weight is 306 g/mol. The number of carbonyl (C=O) groups excluding carboxylic acids is 1. The Morgan fingerprint density at radius 2 is 1.48 bits per heavy atom. The number of aliphatic hydroxyl groups is 1. The van der Waals surface area contributed by atoms with Crippen LogP contribution in [0.1, 0.15) is 43.2 Å². The highest BCUT2D eigenvalue weighted by Crippen LogP contribution is 2.35. The molecule has 2 aromatic carbocycles. The van der Waals surface area contributed by atoms with Crippen LogP contribution in [0.5, 0.6) is 0 Å². The summed E-state index contributed by atoms with van der Waals surface area (Å²) in [5.41, 5.74) is 1.12. The molecule has 0 aromatic heterocycles. The molecule has 0 unspecified atom stereocenters. The summed E-state index contributed by atoms with van der Waals surface area (Å²) in [7, 11) is 0. The van der Waals surface area contributed by atoms with Crippen LogP contribution in [0.2, 0.25) is 0 Å². The molecule has 23 heavy (non-hydrogen) atoms. The smallest absolute Gasteiger partial charge is 0.162 e. The van der Waals surface area contributed by atoms with Gasteiger partial charge in [0.25, 0.3) is 0 Å². The van der Waals surface area contributed by atoms with Gasteiger partial charge in [0.05, 0.1) is 0 Å². The third-order valence-corrected chi connectivity index (χ3v) is 4.57. The Kier molecular flexibility index (Phi) is 4.73. The van der Waals surface area contributed by atoms with Gasteiger partial charge < -0.3 is 5.11 Å². The largest absolute Gasteiger partial charge is 0.380 e. The van der Waals surface area contributed by atoms with Crippen LogP contribution in [0.15, 0.2) is 72.3 Å². The van der Waals surface area contributed by atoms with E-state index in [2.05, 4.69) is 0 Å². The van der Waals surface area contributed by atoms with E-state index in [1.165, 1.54) is 0 Å². The van der Waals surface area contributed by atoms with E-state index in [-0.39, 0.29) is 12.2 Å². The summed E-state index contributed by atoms with van der Waals surface area (Å²) in [4.78, 5) is 12.7. The molecule has 0 saturated heterocycles. The quantitative estimate of drug-likeness (QED) is 0.890. The monoisotopic (exact) mass is 306 g/mol. The van der Waals surface area contributed by atoms with Gasteiger partial charge in [0.2, 0.25) is 0 Å². The number of benzene rings is 2. The Balaban J connectivity index is 1.96. The Bertz CT molecular complexity index is 647. The lowest BCUT2D eigenvalue weighted by Gasteiger charge is -2.29. The lowest BCUT2D eigenvalue weighted by atomic mass is 9.80. The number of allylic oxidation sites excluding steroid dienone is 2. The lowest BCUT2D eigenvalue weighted by molar-refractivity contribution is -0.119. The van der Waals surface area contributed by atoms with Gasteiger partial charge in [-0.25, -0.2) is 0 Å². The summed E-state index contributed by atoms with van der Waals surface area (Å²) >= 11 is 0. The van der Waals surface area contributed by atoms with Gasteiger partial charge in [-0.05, 0) is 42.4 Å². The first-order valence-corrected chi connectivity index (χ1v) is 8.26. The van der Waals surface area contributed by atoms with Crippen LogP contribution >= 0.6 is 0 Å². The van der Waals surface area contributed by atoms with Crippen molar-refractivity contribution in [3.63, 3.8) is 0 Å². The highest BCUT2D eigenvalue weighted by Gasteiger charge is 2.34. The molecule has 0 amide bonds. The maximum absolute atomic E-state index is 12.7. The highest BCUT2D eigenvalue weighted by atomic mass is 16.3. The molecule has 2 aromatic rings. The standard InChI is InChI=1S/C21H22O2/c22-20(17-10-4-1-5-11-17)16-21(23,18-12-6-2-7-13-18)19-14-8-3-9-15-19/h2-3,6-10,12-15,23H,1,4-5,11,16H2. The normalized spacial score (nSPS) is 15.1. The summed E-state index contributed by atoms with van der Waals surface area (Å²) in [6.07, 6.45) is 6.15. The van der Waals surface area contributed by atoms with E-state index in [0.717, 1.165) is 42.4 Å². The number of ketones is 1. The number of Topliss-reactive ketones (excluding diaryl/α,β-unsaturated/α-hetero) is 1. The summed E-state index contributed by atoms with van der Waals surface area (Å²) in [5, 5.41) is 11.4. The number of carbonyl (C=O) groups is 1. The Morgan fingerprint density at radius 1 is 0.913 bits per heavy atom.